The molecule has 1 aromatic rings. The van der Waals surface area contributed by atoms with Crippen molar-refractivity contribution in [3.63, 3.8) is 0 Å². The number of phenols is 1. The van der Waals surface area contributed by atoms with Crippen molar-refractivity contribution in [3.8, 4) is 5.75 Å². The molecule has 2 heteroatoms. The molecule has 0 saturated heterocycles. The Balaban J connectivity index is 2.26. The summed E-state index contributed by atoms with van der Waals surface area (Å²) in [7, 11) is 0. The number of aromatic hydroxyl groups is 1. The van der Waals surface area contributed by atoms with Crippen molar-refractivity contribution >= 4 is 12.6 Å². The molecule has 1 N–H and O–H groups in total. The van der Waals surface area contributed by atoms with Crippen molar-refractivity contribution in [1.82, 2.24) is 0 Å². The molecule has 0 heterocycles. The van der Waals surface area contributed by atoms with Crippen LogP contribution in [0.5, 0.6) is 5.75 Å². The van der Waals surface area contributed by atoms with Crippen LogP contribution in [-0.2, 0) is 6.42 Å². The molecule has 1 aliphatic rings. The first kappa shape index (κ1) is 18.7. The molecule has 0 aliphatic heterocycles. The van der Waals surface area contributed by atoms with Gasteiger partial charge in [0.15, 0.2) is 0 Å². The normalized spacial score (nSPS) is 25.0. The fourth-order valence-electron chi connectivity index (χ4n) is 4.32. The van der Waals surface area contributed by atoms with E-state index in [-0.39, 0.29) is 0 Å². The Morgan fingerprint density at radius 1 is 1.22 bits per heavy atom. The number of unbranched alkanes of at least 4 members (excludes halogenated alkanes) is 2. The molecular weight excluding hydrogens is 300 g/mol. The van der Waals surface area contributed by atoms with Crippen LogP contribution in [0.25, 0.3) is 0 Å². The summed E-state index contributed by atoms with van der Waals surface area (Å²) in [5.41, 5.74) is 2.34. The maximum Gasteiger partial charge on any atom is 0.120 e. The van der Waals surface area contributed by atoms with Gasteiger partial charge in [-0.3, -0.25) is 0 Å². The molecule has 0 radical (unpaired) electrons. The molecule has 0 spiro atoms. The van der Waals surface area contributed by atoms with Crippen molar-refractivity contribution in [3.05, 3.63) is 23.3 Å². The third kappa shape index (κ3) is 4.68. The van der Waals surface area contributed by atoms with Gasteiger partial charge in [-0.1, -0.05) is 47.0 Å². The topological polar surface area (TPSA) is 20.2 Å². The van der Waals surface area contributed by atoms with Crippen LogP contribution >= 0.6 is 12.6 Å². The van der Waals surface area contributed by atoms with Gasteiger partial charge in [-0.25, -0.2) is 0 Å². The Morgan fingerprint density at radius 2 is 1.96 bits per heavy atom. The molecule has 0 amide bonds. The zero-order valence-corrected chi connectivity index (χ0v) is 16.2. The van der Waals surface area contributed by atoms with E-state index in [4.69, 9.17) is 12.6 Å². The maximum atomic E-state index is 10.7. The molecular formula is C21H34OS. The van der Waals surface area contributed by atoms with Gasteiger partial charge < -0.3 is 5.11 Å². The molecule has 1 fully saturated rings. The number of thiol groups is 1. The molecule has 0 unspecified atom stereocenters. The molecule has 1 aromatic carbocycles. The van der Waals surface area contributed by atoms with Crippen LogP contribution in [0.3, 0.4) is 0 Å². The Hall–Kier alpha value is -0.630. The molecule has 23 heavy (non-hydrogen) atoms. The number of phenolic OH excluding ortho intramolecular Hbond substituents is 1. The van der Waals surface area contributed by atoms with Gasteiger partial charge in [-0.2, -0.15) is 0 Å². The minimum absolute atomic E-state index is 0.455. The fraction of sp³-hybridized carbons (Fsp3) is 0.714. The Labute approximate surface area is 148 Å². The lowest BCUT2D eigenvalue weighted by molar-refractivity contribution is 0.193. The zero-order valence-electron chi connectivity index (χ0n) is 15.3. The summed E-state index contributed by atoms with van der Waals surface area (Å²) in [5, 5.41) is 10.7. The van der Waals surface area contributed by atoms with Crippen molar-refractivity contribution in [2.45, 2.75) is 83.5 Å². The maximum absolute atomic E-state index is 10.7. The first-order valence-electron chi connectivity index (χ1n) is 9.48. The summed E-state index contributed by atoms with van der Waals surface area (Å²) in [6, 6.07) is 4.20. The van der Waals surface area contributed by atoms with E-state index < -0.39 is 0 Å². The van der Waals surface area contributed by atoms with Crippen molar-refractivity contribution in [2.24, 2.45) is 17.8 Å². The molecule has 0 bridgehead atoms. The smallest absolute Gasteiger partial charge is 0.120 e. The second-order valence-corrected chi connectivity index (χ2v) is 8.42. The van der Waals surface area contributed by atoms with Gasteiger partial charge >= 0.3 is 0 Å². The summed E-state index contributed by atoms with van der Waals surface area (Å²) in [6.45, 7) is 9.21. The highest BCUT2D eigenvalue weighted by molar-refractivity contribution is 7.80. The second-order valence-electron chi connectivity index (χ2n) is 7.94. The SMILES string of the molecule is CCCCCc1cc(O)c([C@@H]2C[C@H](C)CC[C@H]2C(C)C)c(S)c1. The number of aryl methyl sites for hydroxylation is 1. The Bertz CT molecular complexity index is 486. The largest absolute Gasteiger partial charge is 0.508 e. The predicted molar refractivity (Wildman–Crippen MR) is 103 cm³/mol. The lowest BCUT2D eigenvalue weighted by Gasteiger charge is -2.38. The number of benzene rings is 1. The van der Waals surface area contributed by atoms with Crippen LogP contribution in [0.15, 0.2) is 17.0 Å². The number of hydrogen-bond acceptors (Lipinski definition) is 2. The summed E-state index contributed by atoms with van der Waals surface area (Å²) < 4.78 is 0. The molecule has 2 rings (SSSR count). The second kappa shape index (κ2) is 8.46. The van der Waals surface area contributed by atoms with Gasteiger partial charge in [0.1, 0.15) is 5.75 Å². The molecule has 1 saturated carbocycles. The van der Waals surface area contributed by atoms with Crippen LogP contribution < -0.4 is 0 Å². The summed E-state index contributed by atoms with van der Waals surface area (Å²) in [5.74, 6) is 2.99. The molecule has 0 aromatic heterocycles. The molecule has 1 aliphatic carbocycles. The average Bonchev–Trinajstić information content (AvgIpc) is 2.46. The van der Waals surface area contributed by atoms with Gasteiger partial charge in [0, 0.05) is 10.5 Å². The number of rotatable bonds is 6. The Kier molecular flexibility index (Phi) is 6.88. The summed E-state index contributed by atoms with van der Waals surface area (Å²) >= 11 is 4.77. The van der Waals surface area contributed by atoms with E-state index in [9.17, 15) is 5.11 Å². The van der Waals surface area contributed by atoms with Crippen LogP contribution in [0.4, 0.5) is 0 Å². The van der Waals surface area contributed by atoms with Gasteiger partial charge in [0.05, 0.1) is 0 Å². The van der Waals surface area contributed by atoms with Crippen LogP contribution in [0.1, 0.15) is 83.3 Å². The molecule has 130 valence electrons. The highest BCUT2D eigenvalue weighted by atomic mass is 32.1. The monoisotopic (exact) mass is 334 g/mol. The average molecular weight is 335 g/mol. The molecule has 3 atom stereocenters. The lowest BCUT2D eigenvalue weighted by Crippen LogP contribution is -2.26. The van der Waals surface area contributed by atoms with Gasteiger partial charge in [-0.05, 0) is 67.1 Å². The predicted octanol–water partition coefficient (Wildman–Crippen LogP) is 6.59. The van der Waals surface area contributed by atoms with Crippen molar-refractivity contribution in [2.75, 3.05) is 0 Å². The minimum atomic E-state index is 0.455. The minimum Gasteiger partial charge on any atom is -0.508 e. The fourth-order valence-corrected chi connectivity index (χ4v) is 4.76. The van der Waals surface area contributed by atoms with Gasteiger partial charge in [-0.15, -0.1) is 12.6 Å². The van der Waals surface area contributed by atoms with E-state index in [1.165, 1.54) is 44.1 Å². The van der Waals surface area contributed by atoms with E-state index >= 15 is 0 Å². The first-order chi connectivity index (χ1) is 10.9. The van der Waals surface area contributed by atoms with Crippen molar-refractivity contribution in [1.29, 1.82) is 0 Å². The van der Waals surface area contributed by atoms with Crippen LogP contribution in [0.2, 0.25) is 0 Å². The molecule has 1 nitrogen and oxygen atoms in total. The quantitative estimate of drug-likeness (QED) is 0.444. The standard InChI is InChI=1S/C21H34OS/c1-5-6-7-8-16-12-19(22)21(20(23)13-16)18-11-15(4)9-10-17(18)14(2)3/h12-15,17-18,22-23H,5-11H2,1-4H3/t15-,17+,18-/m1/s1. The van der Waals surface area contributed by atoms with Crippen molar-refractivity contribution < 1.29 is 5.11 Å². The summed E-state index contributed by atoms with van der Waals surface area (Å²) in [6.07, 6.45) is 8.49. The lowest BCUT2D eigenvalue weighted by atomic mass is 9.67. The van der Waals surface area contributed by atoms with E-state index in [1.54, 1.807) is 0 Å². The zero-order chi connectivity index (χ0) is 17.0. The van der Waals surface area contributed by atoms with E-state index in [1.807, 2.05) is 6.07 Å². The highest BCUT2D eigenvalue weighted by Gasteiger charge is 2.34. The van der Waals surface area contributed by atoms with Gasteiger partial charge in [0.2, 0.25) is 0 Å². The van der Waals surface area contributed by atoms with E-state index in [2.05, 4.69) is 33.8 Å². The Morgan fingerprint density at radius 3 is 2.57 bits per heavy atom. The third-order valence-corrected chi connectivity index (χ3v) is 6.03. The highest BCUT2D eigenvalue weighted by Crippen LogP contribution is 2.48. The number of hydrogen-bond donors (Lipinski definition) is 2. The van der Waals surface area contributed by atoms with E-state index in [0.717, 1.165) is 22.8 Å². The van der Waals surface area contributed by atoms with Crippen LogP contribution in [-0.4, -0.2) is 5.11 Å². The summed E-state index contributed by atoms with van der Waals surface area (Å²) in [4.78, 5) is 1.00. The van der Waals surface area contributed by atoms with Gasteiger partial charge in [0.25, 0.3) is 0 Å². The van der Waals surface area contributed by atoms with E-state index in [0.29, 0.717) is 23.5 Å². The van der Waals surface area contributed by atoms with Crippen LogP contribution in [0, 0.1) is 17.8 Å². The third-order valence-electron chi connectivity index (χ3n) is 5.66. The first-order valence-corrected chi connectivity index (χ1v) is 9.93.